The summed E-state index contributed by atoms with van der Waals surface area (Å²) in [5.41, 5.74) is -2.52. The summed E-state index contributed by atoms with van der Waals surface area (Å²) in [6, 6.07) is -0.231. The molecule has 0 saturated carbocycles. The number of hydrogen-bond acceptors (Lipinski definition) is 6. The summed E-state index contributed by atoms with van der Waals surface area (Å²) in [5.74, 6) is -0.364. The Morgan fingerprint density at radius 3 is 2.58 bits per heavy atom. The van der Waals surface area contributed by atoms with Gasteiger partial charge in [0.15, 0.2) is 5.60 Å². The first-order chi connectivity index (χ1) is 11.2. The number of hydrogen-bond donors (Lipinski definition) is 3. The zero-order chi connectivity index (χ0) is 17.5. The highest BCUT2D eigenvalue weighted by molar-refractivity contribution is 5.87. The number of ether oxygens (including phenoxy) is 2. The fourth-order valence-corrected chi connectivity index (χ4v) is 3.70. The van der Waals surface area contributed by atoms with Gasteiger partial charge in [0.25, 0.3) is 5.91 Å². The van der Waals surface area contributed by atoms with Crippen molar-refractivity contribution >= 4 is 11.8 Å². The second-order valence-electron chi connectivity index (χ2n) is 7.78. The number of likely N-dealkylation sites (tertiary alicyclic amines) is 1. The molecule has 0 spiro atoms. The van der Waals surface area contributed by atoms with E-state index in [-0.39, 0.29) is 49.5 Å². The minimum Gasteiger partial charge on any atom is -0.390 e. The SMILES string of the molecule is CC(C)(O)CC(=O)NCC1CC2COCC2N1C(=O)C1(O)COC1. The molecule has 3 atom stereocenters. The van der Waals surface area contributed by atoms with Crippen LogP contribution < -0.4 is 5.32 Å². The molecule has 3 N–H and O–H groups in total. The molecular weight excluding hydrogens is 316 g/mol. The molecule has 136 valence electrons. The van der Waals surface area contributed by atoms with Crippen LogP contribution in [0.1, 0.15) is 26.7 Å². The van der Waals surface area contributed by atoms with Gasteiger partial charge in [-0.1, -0.05) is 0 Å². The maximum absolute atomic E-state index is 12.8. The molecule has 3 aliphatic heterocycles. The lowest BCUT2D eigenvalue weighted by molar-refractivity contribution is -0.202. The Morgan fingerprint density at radius 1 is 1.29 bits per heavy atom. The van der Waals surface area contributed by atoms with Crippen molar-refractivity contribution in [2.24, 2.45) is 5.92 Å². The van der Waals surface area contributed by atoms with Crippen molar-refractivity contribution in [3.63, 3.8) is 0 Å². The summed E-state index contributed by atoms with van der Waals surface area (Å²) in [6.07, 6.45) is 0.734. The second-order valence-corrected chi connectivity index (χ2v) is 7.78. The van der Waals surface area contributed by atoms with E-state index in [4.69, 9.17) is 9.47 Å². The van der Waals surface area contributed by atoms with Crippen molar-refractivity contribution in [3.05, 3.63) is 0 Å². The lowest BCUT2D eigenvalue weighted by Gasteiger charge is -2.41. The predicted octanol–water partition coefficient (Wildman–Crippen LogP) is -1.36. The van der Waals surface area contributed by atoms with Crippen LogP contribution in [0.3, 0.4) is 0 Å². The van der Waals surface area contributed by atoms with Crippen LogP contribution in [0.15, 0.2) is 0 Å². The van der Waals surface area contributed by atoms with Crippen molar-refractivity contribution in [1.29, 1.82) is 0 Å². The van der Waals surface area contributed by atoms with Crippen LogP contribution in [-0.2, 0) is 19.1 Å². The summed E-state index contributed by atoms with van der Waals surface area (Å²) in [5, 5.41) is 22.8. The largest absolute Gasteiger partial charge is 0.390 e. The van der Waals surface area contributed by atoms with Gasteiger partial charge < -0.3 is 29.9 Å². The van der Waals surface area contributed by atoms with Crippen molar-refractivity contribution in [2.45, 2.75) is 50.0 Å². The molecule has 0 aliphatic carbocycles. The molecule has 8 nitrogen and oxygen atoms in total. The number of aliphatic hydroxyl groups is 2. The lowest BCUT2D eigenvalue weighted by atomic mass is 9.99. The van der Waals surface area contributed by atoms with Gasteiger partial charge >= 0.3 is 0 Å². The van der Waals surface area contributed by atoms with Crippen molar-refractivity contribution in [1.82, 2.24) is 10.2 Å². The Kier molecular flexibility index (Phi) is 4.59. The summed E-state index contributed by atoms with van der Waals surface area (Å²) in [6.45, 7) is 4.54. The fourth-order valence-electron chi connectivity index (χ4n) is 3.70. The fraction of sp³-hybridized carbons (Fsp3) is 0.875. The molecule has 0 aromatic carbocycles. The van der Waals surface area contributed by atoms with Gasteiger partial charge in [0, 0.05) is 18.5 Å². The van der Waals surface area contributed by atoms with Crippen LogP contribution in [0.5, 0.6) is 0 Å². The zero-order valence-corrected chi connectivity index (χ0v) is 14.2. The predicted molar refractivity (Wildman–Crippen MR) is 83.0 cm³/mol. The highest BCUT2D eigenvalue weighted by Gasteiger charge is 2.54. The van der Waals surface area contributed by atoms with Crippen molar-refractivity contribution in [2.75, 3.05) is 33.0 Å². The van der Waals surface area contributed by atoms with Gasteiger partial charge in [0.05, 0.1) is 44.5 Å². The second kappa shape index (κ2) is 6.25. The van der Waals surface area contributed by atoms with Gasteiger partial charge in [-0.05, 0) is 20.3 Å². The van der Waals surface area contributed by atoms with Gasteiger partial charge in [0.1, 0.15) is 0 Å². The molecule has 0 aromatic rings. The van der Waals surface area contributed by atoms with Gasteiger partial charge in [-0.25, -0.2) is 0 Å². The molecule has 0 radical (unpaired) electrons. The maximum Gasteiger partial charge on any atom is 0.260 e. The van der Waals surface area contributed by atoms with Crippen LogP contribution in [0.4, 0.5) is 0 Å². The summed E-state index contributed by atoms with van der Waals surface area (Å²) >= 11 is 0. The van der Waals surface area contributed by atoms with E-state index in [1.54, 1.807) is 18.7 Å². The number of carbonyl (C=O) groups is 2. The number of nitrogens with zero attached hydrogens (tertiary/aromatic N) is 1. The first kappa shape index (κ1) is 17.6. The van der Waals surface area contributed by atoms with E-state index < -0.39 is 11.2 Å². The summed E-state index contributed by atoms with van der Waals surface area (Å²) in [4.78, 5) is 26.4. The molecule has 24 heavy (non-hydrogen) atoms. The first-order valence-electron chi connectivity index (χ1n) is 8.39. The highest BCUT2D eigenvalue weighted by atomic mass is 16.5. The average molecular weight is 342 g/mol. The lowest BCUT2D eigenvalue weighted by Crippen LogP contribution is -2.64. The van der Waals surface area contributed by atoms with Gasteiger partial charge in [-0.3, -0.25) is 9.59 Å². The van der Waals surface area contributed by atoms with Crippen molar-refractivity contribution < 1.29 is 29.3 Å². The molecular formula is C16H26N2O6. The van der Waals surface area contributed by atoms with Gasteiger partial charge in [0.2, 0.25) is 5.91 Å². The summed E-state index contributed by atoms with van der Waals surface area (Å²) in [7, 11) is 0. The first-order valence-corrected chi connectivity index (χ1v) is 8.39. The normalized spacial score (nSPS) is 31.5. The number of carbonyl (C=O) groups excluding carboxylic acids is 2. The monoisotopic (exact) mass is 342 g/mol. The van der Waals surface area contributed by atoms with E-state index in [1.807, 2.05) is 0 Å². The number of amides is 2. The van der Waals surface area contributed by atoms with Crippen molar-refractivity contribution in [3.8, 4) is 0 Å². The van der Waals surface area contributed by atoms with Gasteiger partial charge in [-0.2, -0.15) is 0 Å². The van der Waals surface area contributed by atoms with E-state index >= 15 is 0 Å². The number of nitrogens with one attached hydrogen (secondary N) is 1. The number of fused-ring (bicyclic) bond motifs is 1. The van der Waals surface area contributed by atoms with E-state index in [2.05, 4.69) is 5.32 Å². The molecule has 3 fully saturated rings. The standard InChI is InChI=1S/C16H26N2O6/c1-15(2,21)4-13(19)17-5-11-3-10-6-23-7-12(10)18(11)14(20)16(22)8-24-9-16/h10-12,21-22H,3-9H2,1-2H3,(H,17,19). The zero-order valence-electron chi connectivity index (χ0n) is 14.2. The minimum absolute atomic E-state index is 0.00140. The van der Waals surface area contributed by atoms with E-state index in [9.17, 15) is 19.8 Å². The molecule has 8 heteroatoms. The Bertz CT molecular complexity index is 513. The molecule has 0 bridgehead atoms. The summed E-state index contributed by atoms with van der Waals surface area (Å²) < 4.78 is 10.5. The Hall–Kier alpha value is -1.22. The average Bonchev–Trinajstić information content (AvgIpc) is 2.99. The minimum atomic E-state index is -1.45. The van der Waals surface area contributed by atoms with Crippen LogP contribution in [0.25, 0.3) is 0 Å². The molecule has 3 saturated heterocycles. The molecule has 3 unspecified atom stereocenters. The maximum atomic E-state index is 12.8. The van der Waals surface area contributed by atoms with E-state index in [0.717, 1.165) is 6.42 Å². The van der Waals surface area contributed by atoms with Crippen LogP contribution in [0.2, 0.25) is 0 Å². The Balaban J connectivity index is 1.65. The Labute approximate surface area is 141 Å². The van der Waals surface area contributed by atoms with Gasteiger partial charge in [-0.15, -0.1) is 0 Å². The molecule has 0 aromatic heterocycles. The quantitative estimate of drug-likeness (QED) is 0.570. The molecule has 3 rings (SSSR count). The molecule has 2 amide bonds. The van der Waals surface area contributed by atoms with E-state index in [1.165, 1.54) is 0 Å². The van der Waals surface area contributed by atoms with Crippen LogP contribution in [-0.4, -0.2) is 83.2 Å². The highest BCUT2D eigenvalue weighted by Crippen LogP contribution is 2.37. The van der Waals surface area contributed by atoms with Crippen LogP contribution >= 0.6 is 0 Å². The third-order valence-corrected chi connectivity index (χ3v) is 4.93. The third-order valence-electron chi connectivity index (χ3n) is 4.93. The van der Waals surface area contributed by atoms with E-state index in [0.29, 0.717) is 19.8 Å². The molecule has 3 heterocycles. The Morgan fingerprint density at radius 2 is 2.00 bits per heavy atom. The number of rotatable bonds is 5. The van der Waals surface area contributed by atoms with Crippen LogP contribution in [0, 0.1) is 5.92 Å². The molecule has 3 aliphatic rings. The smallest absolute Gasteiger partial charge is 0.260 e. The third kappa shape index (κ3) is 3.42. The topological polar surface area (TPSA) is 108 Å².